The Morgan fingerprint density at radius 2 is 1.93 bits per heavy atom. The molecule has 1 aliphatic heterocycles. The van der Waals surface area contributed by atoms with Crippen LogP contribution in [0.5, 0.6) is 0 Å². The molecule has 0 radical (unpaired) electrons. The molecule has 2 aromatic rings. The van der Waals surface area contributed by atoms with Gasteiger partial charge < -0.3 is 15.5 Å². The fraction of sp³-hybridized carbons (Fsp3) is 0.450. The molecule has 0 saturated carbocycles. The van der Waals surface area contributed by atoms with E-state index in [9.17, 15) is 14.0 Å². The highest BCUT2D eigenvalue weighted by Crippen LogP contribution is 2.23. The first kappa shape index (κ1) is 21.2. The van der Waals surface area contributed by atoms with E-state index in [2.05, 4.69) is 29.5 Å². The van der Waals surface area contributed by atoms with Crippen molar-refractivity contribution in [3.63, 3.8) is 0 Å². The quantitative estimate of drug-likeness (QED) is 0.721. The normalized spacial score (nSPS) is 14.8. The molecule has 0 atom stereocenters. The second-order valence-electron chi connectivity index (χ2n) is 7.41. The molecule has 0 aliphatic carbocycles. The number of piperazine rings is 1. The number of halogens is 1. The number of carbonyl (C=O) groups is 2. The molecular weight excluding hydrogens is 393 g/mol. The number of aromatic nitrogens is 1. The first-order chi connectivity index (χ1) is 13.9. The van der Waals surface area contributed by atoms with Gasteiger partial charge in [-0.1, -0.05) is 26.0 Å². The van der Waals surface area contributed by atoms with Crippen molar-refractivity contribution in [1.29, 1.82) is 0 Å². The van der Waals surface area contributed by atoms with Crippen LogP contribution in [0.1, 0.15) is 24.3 Å². The zero-order valence-electron chi connectivity index (χ0n) is 16.7. The molecule has 9 heteroatoms. The number of nitrogens with one attached hydrogen (secondary N) is 2. The Balaban J connectivity index is 1.49. The fourth-order valence-electron chi connectivity index (χ4n) is 2.96. The van der Waals surface area contributed by atoms with Crippen molar-refractivity contribution in [3.8, 4) is 0 Å². The highest BCUT2D eigenvalue weighted by molar-refractivity contribution is 7.14. The van der Waals surface area contributed by atoms with Gasteiger partial charge in [-0.2, -0.15) is 0 Å². The molecule has 2 N–H and O–H groups in total. The van der Waals surface area contributed by atoms with Crippen LogP contribution in [-0.4, -0.2) is 65.9 Å². The summed E-state index contributed by atoms with van der Waals surface area (Å²) in [5.41, 5.74) is 0.669. The molecule has 3 rings (SSSR count). The Bertz CT molecular complexity index is 849. The monoisotopic (exact) mass is 419 g/mol. The molecule has 0 bridgehead atoms. The summed E-state index contributed by atoms with van der Waals surface area (Å²) >= 11 is 1.26. The van der Waals surface area contributed by atoms with Crippen LogP contribution in [0.4, 0.5) is 15.2 Å². The maximum absolute atomic E-state index is 13.8. The number of benzene rings is 1. The number of thiazole rings is 1. The fourth-order valence-corrected chi connectivity index (χ4v) is 3.65. The van der Waals surface area contributed by atoms with E-state index in [1.807, 2.05) is 4.90 Å². The predicted octanol–water partition coefficient (Wildman–Crippen LogP) is 2.56. The lowest BCUT2D eigenvalue weighted by molar-refractivity contribution is -0.122. The van der Waals surface area contributed by atoms with Crippen LogP contribution >= 0.6 is 11.3 Å². The minimum atomic E-state index is -0.371. The third-order valence-electron chi connectivity index (χ3n) is 4.57. The second-order valence-corrected chi connectivity index (χ2v) is 8.27. The summed E-state index contributed by atoms with van der Waals surface area (Å²) in [5.74, 6) is -0.0815. The van der Waals surface area contributed by atoms with Crippen LogP contribution in [0.2, 0.25) is 0 Å². The van der Waals surface area contributed by atoms with Gasteiger partial charge in [-0.3, -0.25) is 14.5 Å². The molecule has 2 heterocycles. The average Bonchev–Trinajstić information content (AvgIpc) is 3.17. The first-order valence-electron chi connectivity index (χ1n) is 9.68. The van der Waals surface area contributed by atoms with Crippen molar-refractivity contribution in [2.75, 3.05) is 44.6 Å². The lowest BCUT2D eigenvalue weighted by Crippen LogP contribution is -2.51. The smallest absolute Gasteiger partial charge is 0.273 e. The average molecular weight is 420 g/mol. The van der Waals surface area contributed by atoms with Crippen LogP contribution < -0.4 is 10.6 Å². The van der Waals surface area contributed by atoms with Crippen LogP contribution in [0.15, 0.2) is 29.6 Å². The van der Waals surface area contributed by atoms with Gasteiger partial charge in [0.15, 0.2) is 5.13 Å². The lowest BCUT2D eigenvalue weighted by atomic mass is 10.2. The number of para-hydroxylation sites is 1. The maximum Gasteiger partial charge on any atom is 0.273 e. The van der Waals surface area contributed by atoms with E-state index >= 15 is 0 Å². The zero-order chi connectivity index (χ0) is 20.8. The molecule has 1 aromatic heterocycles. The van der Waals surface area contributed by atoms with Crippen molar-refractivity contribution in [3.05, 3.63) is 41.2 Å². The summed E-state index contributed by atoms with van der Waals surface area (Å²) in [5, 5.41) is 7.97. The molecular formula is C20H26FN5O2S. The number of amides is 2. The summed E-state index contributed by atoms with van der Waals surface area (Å²) in [6, 6.07) is 6.33. The van der Waals surface area contributed by atoms with E-state index < -0.39 is 0 Å². The van der Waals surface area contributed by atoms with E-state index in [1.54, 1.807) is 28.5 Å². The number of hydrogen-bond donors (Lipinski definition) is 2. The van der Waals surface area contributed by atoms with Crippen LogP contribution in [0.3, 0.4) is 0 Å². The van der Waals surface area contributed by atoms with Gasteiger partial charge in [0.1, 0.15) is 11.5 Å². The van der Waals surface area contributed by atoms with Crippen LogP contribution in [-0.2, 0) is 4.79 Å². The van der Waals surface area contributed by atoms with Crippen LogP contribution in [0.25, 0.3) is 0 Å². The Morgan fingerprint density at radius 1 is 1.21 bits per heavy atom. The third kappa shape index (κ3) is 5.98. The molecule has 1 aliphatic rings. The Kier molecular flexibility index (Phi) is 7.16. The summed E-state index contributed by atoms with van der Waals surface area (Å²) < 4.78 is 13.8. The van der Waals surface area contributed by atoms with Gasteiger partial charge in [0.2, 0.25) is 5.91 Å². The molecule has 1 fully saturated rings. The molecule has 1 aromatic carbocycles. The highest BCUT2D eigenvalue weighted by atomic mass is 32.1. The number of carbonyl (C=O) groups excluding carboxylic acids is 2. The first-order valence-corrected chi connectivity index (χ1v) is 10.6. The second kappa shape index (κ2) is 9.80. The van der Waals surface area contributed by atoms with E-state index in [0.29, 0.717) is 61.7 Å². The summed E-state index contributed by atoms with van der Waals surface area (Å²) in [6.45, 7) is 7.51. The Labute approximate surface area is 173 Å². The topological polar surface area (TPSA) is 77.6 Å². The zero-order valence-corrected chi connectivity index (χ0v) is 17.5. The summed E-state index contributed by atoms with van der Waals surface area (Å²) in [4.78, 5) is 32.8. The Hall–Kier alpha value is -2.52. The maximum atomic E-state index is 13.8. The van der Waals surface area contributed by atoms with Crippen LogP contribution in [0, 0.1) is 11.7 Å². The van der Waals surface area contributed by atoms with Crippen molar-refractivity contribution in [2.45, 2.75) is 13.8 Å². The Morgan fingerprint density at radius 3 is 2.62 bits per heavy atom. The van der Waals surface area contributed by atoms with Crippen molar-refractivity contribution >= 4 is 34.0 Å². The van der Waals surface area contributed by atoms with Gasteiger partial charge in [0, 0.05) is 38.1 Å². The van der Waals surface area contributed by atoms with E-state index in [0.717, 1.165) is 0 Å². The third-order valence-corrected chi connectivity index (χ3v) is 5.33. The molecule has 29 heavy (non-hydrogen) atoms. The lowest BCUT2D eigenvalue weighted by Gasteiger charge is -2.34. The molecule has 2 amide bonds. The van der Waals surface area contributed by atoms with Gasteiger partial charge >= 0.3 is 0 Å². The van der Waals surface area contributed by atoms with Crippen molar-refractivity contribution in [1.82, 2.24) is 20.1 Å². The van der Waals surface area contributed by atoms with Crippen molar-refractivity contribution < 1.29 is 14.0 Å². The number of nitrogens with zero attached hydrogens (tertiary/aromatic N) is 3. The van der Waals surface area contributed by atoms with Crippen molar-refractivity contribution in [2.24, 2.45) is 5.92 Å². The summed E-state index contributed by atoms with van der Waals surface area (Å²) in [6.07, 6.45) is 0. The molecule has 1 saturated heterocycles. The SMILES string of the molecule is CC(C)CNC(=O)CN1CCN(C(=O)c2csc(Nc3ccccc3F)n2)CC1. The minimum Gasteiger partial charge on any atom is -0.355 e. The van der Waals surface area contributed by atoms with Gasteiger partial charge in [0.25, 0.3) is 5.91 Å². The standard InChI is InChI=1S/C20H26FN5O2S/c1-14(2)11-22-18(27)12-25-7-9-26(10-8-25)19(28)17-13-29-20(24-17)23-16-6-4-3-5-15(16)21/h3-6,13-14H,7-12H2,1-2H3,(H,22,27)(H,23,24). The van der Waals surface area contributed by atoms with Gasteiger partial charge in [0.05, 0.1) is 12.2 Å². The number of hydrogen-bond acceptors (Lipinski definition) is 6. The number of rotatable bonds is 7. The van der Waals surface area contributed by atoms with Gasteiger partial charge in [-0.05, 0) is 18.1 Å². The largest absolute Gasteiger partial charge is 0.355 e. The number of anilines is 2. The minimum absolute atomic E-state index is 0.0156. The van der Waals surface area contributed by atoms with Gasteiger partial charge in [-0.15, -0.1) is 11.3 Å². The summed E-state index contributed by atoms with van der Waals surface area (Å²) in [7, 11) is 0. The predicted molar refractivity (Wildman–Crippen MR) is 112 cm³/mol. The molecule has 0 unspecified atom stereocenters. The van der Waals surface area contributed by atoms with E-state index in [4.69, 9.17) is 0 Å². The van der Waals surface area contributed by atoms with E-state index in [1.165, 1.54) is 17.4 Å². The highest BCUT2D eigenvalue weighted by Gasteiger charge is 2.25. The molecule has 0 spiro atoms. The molecule has 156 valence electrons. The van der Waals surface area contributed by atoms with Gasteiger partial charge in [-0.25, -0.2) is 9.37 Å². The molecule has 7 nitrogen and oxygen atoms in total. The van der Waals surface area contributed by atoms with E-state index in [-0.39, 0.29) is 17.6 Å².